The lowest BCUT2D eigenvalue weighted by molar-refractivity contribution is -0.151. The summed E-state index contributed by atoms with van der Waals surface area (Å²) < 4.78 is 0. The number of carboxylic acids is 1. The van der Waals surface area contributed by atoms with Crippen molar-refractivity contribution in [1.82, 2.24) is 0 Å². The normalized spacial score (nSPS) is 20.2. The first-order chi connectivity index (χ1) is 11.6. The lowest BCUT2D eigenvalue weighted by atomic mass is 9.67. The zero-order valence-electron chi connectivity index (χ0n) is 15.9. The van der Waals surface area contributed by atoms with Gasteiger partial charge in [-0.3, -0.25) is 9.59 Å². The van der Waals surface area contributed by atoms with E-state index in [9.17, 15) is 14.7 Å². The molecular weight excluding hydrogens is 300 g/mol. The highest BCUT2D eigenvalue weighted by molar-refractivity contribution is 6.01. The Hall–Kier alpha value is -0.860. The first-order valence-electron chi connectivity index (χ1n) is 10.3. The predicted octanol–water partition coefficient (Wildman–Crippen LogP) is 6.15. The van der Waals surface area contributed by atoms with Crippen LogP contribution in [-0.4, -0.2) is 16.9 Å². The lowest BCUT2D eigenvalue weighted by Gasteiger charge is -2.35. The highest BCUT2D eigenvalue weighted by Crippen LogP contribution is 2.41. The van der Waals surface area contributed by atoms with Gasteiger partial charge in [-0.25, -0.2) is 0 Å². The second kappa shape index (κ2) is 11.7. The molecule has 0 aromatic rings. The minimum atomic E-state index is -0.901. The largest absolute Gasteiger partial charge is 0.481 e. The van der Waals surface area contributed by atoms with E-state index in [1.807, 2.05) is 0 Å². The van der Waals surface area contributed by atoms with E-state index in [2.05, 4.69) is 13.8 Å². The van der Waals surface area contributed by atoms with Crippen LogP contribution in [0.1, 0.15) is 110 Å². The molecule has 3 heteroatoms. The Bertz CT molecular complexity index is 365. The first-order valence-corrected chi connectivity index (χ1v) is 10.3. The second-order valence-electron chi connectivity index (χ2n) is 7.76. The van der Waals surface area contributed by atoms with E-state index >= 15 is 0 Å². The number of carbonyl (C=O) groups is 2. The first kappa shape index (κ1) is 21.2. The maximum atomic E-state index is 13.4. The summed E-state index contributed by atoms with van der Waals surface area (Å²) in [4.78, 5) is 25.1. The summed E-state index contributed by atoms with van der Waals surface area (Å²) >= 11 is 0. The number of hydrogen-bond acceptors (Lipinski definition) is 2. The molecule has 0 amide bonds. The van der Waals surface area contributed by atoms with Gasteiger partial charge in [-0.15, -0.1) is 0 Å². The summed E-state index contributed by atoms with van der Waals surface area (Å²) in [6.45, 7) is 4.21. The number of carbonyl (C=O) groups excluding carboxylic acids is 1. The van der Waals surface area contributed by atoms with Crippen LogP contribution >= 0.6 is 0 Å². The minimum Gasteiger partial charge on any atom is -0.481 e. The fourth-order valence-corrected chi connectivity index (χ4v) is 4.21. The summed E-state index contributed by atoms with van der Waals surface area (Å²) in [6.07, 6.45) is 15.4. The Kier molecular flexibility index (Phi) is 10.3. The molecule has 0 aromatic heterocycles. The molecule has 0 bridgehead atoms. The van der Waals surface area contributed by atoms with Crippen molar-refractivity contribution in [3.63, 3.8) is 0 Å². The molecule has 0 aromatic carbocycles. The number of unbranched alkanes of at least 4 members (excludes halogenated alkanes) is 2. The minimum absolute atomic E-state index is 0.0532. The van der Waals surface area contributed by atoms with Gasteiger partial charge in [0, 0.05) is 5.41 Å². The van der Waals surface area contributed by atoms with E-state index in [0.29, 0.717) is 6.42 Å². The molecule has 0 saturated heterocycles. The van der Waals surface area contributed by atoms with E-state index in [1.54, 1.807) is 0 Å². The van der Waals surface area contributed by atoms with E-state index in [-0.39, 0.29) is 11.2 Å². The van der Waals surface area contributed by atoms with Crippen molar-refractivity contribution >= 4 is 11.8 Å². The molecule has 1 unspecified atom stereocenters. The van der Waals surface area contributed by atoms with Crippen LogP contribution in [0, 0.1) is 11.3 Å². The molecule has 0 spiro atoms. The highest BCUT2D eigenvalue weighted by Gasteiger charge is 2.42. The van der Waals surface area contributed by atoms with Gasteiger partial charge in [0.25, 0.3) is 0 Å². The van der Waals surface area contributed by atoms with Crippen molar-refractivity contribution in [2.75, 3.05) is 0 Å². The van der Waals surface area contributed by atoms with Crippen LogP contribution in [0.3, 0.4) is 0 Å². The van der Waals surface area contributed by atoms with Crippen LogP contribution in [0.4, 0.5) is 0 Å². The van der Waals surface area contributed by atoms with E-state index in [0.717, 1.165) is 57.8 Å². The zero-order valence-corrected chi connectivity index (χ0v) is 15.9. The number of hydrogen-bond donors (Lipinski definition) is 1. The maximum Gasteiger partial charge on any atom is 0.314 e. The van der Waals surface area contributed by atoms with E-state index in [4.69, 9.17) is 0 Å². The molecule has 1 fully saturated rings. The van der Waals surface area contributed by atoms with Gasteiger partial charge in [-0.1, -0.05) is 84.5 Å². The molecule has 0 radical (unpaired) electrons. The number of aliphatic carboxylic acids is 1. The summed E-state index contributed by atoms with van der Waals surface area (Å²) in [7, 11) is 0. The lowest BCUT2D eigenvalue weighted by Crippen LogP contribution is -2.40. The molecule has 24 heavy (non-hydrogen) atoms. The van der Waals surface area contributed by atoms with Crippen LogP contribution in [0.25, 0.3) is 0 Å². The number of Topliss-reactive ketones (excluding diaryl/α,β-unsaturated/α-hetero) is 1. The molecule has 1 saturated carbocycles. The topological polar surface area (TPSA) is 54.4 Å². The van der Waals surface area contributed by atoms with Crippen molar-refractivity contribution in [2.45, 2.75) is 110 Å². The molecule has 1 rings (SSSR count). The van der Waals surface area contributed by atoms with Gasteiger partial charge in [0.2, 0.25) is 0 Å². The molecule has 140 valence electrons. The van der Waals surface area contributed by atoms with Gasteiger partial charge in [0.1, 0.15) is 5.92 Å². The standard InChI is InChI=1S/C21H38O3/c1-3-5-14-18(20(23)24)19(22)21(15-6-4-2)16-12-10-8-7-9-11-13-17-21/h18H,3-17H2,1-2H3,(H,23,24). The van der Waals surface area contributed by atoms with Crippen LogP contribution in [0.5, 0.6) is 0 Å². The molecule has 1 atom stereocenters. The molecule has 0 heterocycles. The van der Waals surface area contributed by atoms with E-state index < -0.39 is 11.9 Å². The van der Waals surface area contributed by atoms with Gasteiger partial charge >= 0.3 is 5.97 Å². The van der Waals surface area contributed by atoms with Gasteiger partial charge in [0.05, 0.1) is 0 Å². The molecule has 1 N–H and O–H groups in total. The Balaban J connectivity index is 2.98. The summed E-state index contributed by atoms with van der Waals surface area (Å²) in [6, 6.07) is 0. The Labute approximate surface area is 148 Å². The van der Waals surface area contributed by atoms with Gasteiger partial charge in [0.15, 0.2) is 5.78 Å². The number of rotatable bonds is 9. The maximum absolute atomic E-state index is 13.4. The molecular formula is C21H38O3. The van der Waals surface area contributed by atoms with Gasteiger partial charge in [-0.2, -0.15) is 0 Å². The Morgan fingerprint density at radius 2 is 1.38 bits per heavy atom. The summed E-state index contributed by atoms with van der Waals surface area (Å²) in [5, 5.41) is 9.65. The highest BCUT2D eigenvalue weighted by atomic mass is 16.4. The van der Waals surface area contributed by atoms with Crippen molar-refractivity contribution in [3.8, 4) is 0 Å². The fraction of sp³-hybridized carbons (Fsp3) is 0.905. The fourth-order valence-electron chi connectivity index (χ4n) is 4.21. The van der Waals surface area contributed by atoms with Crippen molar-refractivity contribution in [2.24, 2.45) is 11.3 Å². The van der Waals surface area contributed by atoms with Crippen molar-refractivity contribution < 1.29 is 14.7 Å². The number of carboxylic acid groups (broad SMARTS) is 1. The van der Waals surface area contributed by atoms with Crippen LogP contribution in [0.2, 0.25) is 0 Å². The SMILES string of the molecule is CCCCC(C(=O)O)C(=O)C1(CCCC)CCCCCCCCC1. The predicted molar refractivity (Wildman–Crippen MR) is 99.2 cm³/mol. The summed E-state index contributed by atoms with van der Waals surface area (Å²) in [5.41, 5.74) is -0.371. The molecule has 3 nitrogen and oxygen atoms in total. The quantitative estimate of drug-likeness (QED) is 0.513. The Morgan fingerprint density at radius 3 is 1.83 bits per heavy atom. The van der Waals surface area contributed by atoms with Crippen molar-refractivity contribution in [3.05, 3.63) is 0 Å². The average Bonchev–Trinajstić information content (AvgIpc) is 2.58. The van der Waals surface area contributed by atoms with E-state index in [1.165, 1.54) is 32.1 Å². The third-order valence-corrected chi connectivity index (χ3v) is 5.80. The third-order valence-electron chi connectivity index (χ3n) is 5.80. The smallest absolute Gasteiger partial charge is 0.314 e. The van der Waals surface area contributed by atoms with Crippen LogP contribution < -0.4 is 0 Å². The molecule has 0 aliphatic heterocycles. The second-order valence-corrected chi connectivity index (χ2v) is 7.76. The van der Waals surface area contributed by atoms with Gasteiger partial charge in [-0.05, 0) is 25.7 Å². The van der Waals surface area contributed by atoms with Gasteiger partial charge < -0.3 is 5.11 Å². The molecule has 1 aliphatic rings. The van der Waals surface area contributed by atoms with Crippen LogP contribution in [-0.2, 0) is 9.59 Å². The molecule has 1 aliphatic carbocycles. The summed E-state index contributed by atoms with van der Waals surface area (Å²) in [5.74, 6) is -1.64. The third kappa shape index (κ3) is 6.57. The Morgan fingerprint density at radius 1 is 0.875 bits per heavy atom. The van der Waals surface area contributed by atoms with Crippen LogP contribution in [0.15, 0.2) is 0 Å². The average molecular weight is 339 g/mol. The van der Waals surface area contributed by atoms with Crippen molar-refractivity contribution in [1.29, 1.82) is 0 Å². The zero-order chi connectivity index (χ0) is 17.8. The monoisotopic (exact) mass is 338 g/mol. The number of ketones is 1.